The van der Waals surface area contributed by atoms with Crippen molar-refractivity contribution < 1.29 is 9.72 Å². The van der Waals surface area contributed by atoms with Crippen molar-refractivity contribution >= 4 is 23.1 Å². The van der Waals surface area contributed by atoms with Crippen LogP contribution in [0, 0.1) is 21.4 Å². The fourth-order valence-electron chi connectivity index (χ4n) is 1.10. The topological polar surface area (TPSA) is 84.0 Å². The molecule has 6 heteroatoms. The van der Waals surface area contributed by atoms with Gasteiger partial charge in [-0.05, 0) is 6.07 Å². The van der Waals surface area contributed by atoms with E-state index in [1.807, 2.05) is 0 Å². The minimum atomic E-state index is -0.698. The Balaban J connectivity index is 3.32. The summed E-state index contributed by atoms with van der Waals surface area (Å²) >= 11 is 5.67. The molecule has 0 spiro atoms. The van der Waals surface area contributed by atoms with Crippen LogP contribution >= 0.6 is 11.6 Å². The number of hydrogen-bond donors (Lipinski definition) is 0. The van der Waals surface area contributed by atoms with E-state index in [-0.39, 0.29) is 16.3 Å². The SMILES string of the molecule is N#CCC(=O)c1c(Cl)cccc1[N+](=O)[O-]. The molecule has 0 atom stereocenters. The molecule has 0 bridgehead atoms. The molecule has 0 fully saturated rings. The quantitative estimate of drug-likeness (QED) is 0.448. The lowest BCUT2D eigenvalue weighted by Crippen LogP contribution is -2.03. The van der Waals surface area contributed by atoms with Crippen LogP contribution in [0.25, 0.3) is 0 Å². The highest BCUT2D eigenvalue weighted by molar-refractivity contribution is 6.34. The summed E-state index contributed by atoms with van der Waals surface area (Å²) < 4.78 is 0. The van der Waals surface area contributed by atoms with Crippen LogP contribution in [0.5, 0.6) is 0 Å². The first kappa shape index (κ1) is 11.1. The molecule has 76 valence electrons. The second-order valence-corrected chi connectivity index (χ2v) is 3.06. The van der Waals surface area contributed by atoms with Gasteiger partial charge in [-0.1, -0.05) is 17.7 Å². The Labute approximate surface area is 90.0 Å². The van der Waals surface area contributed by atoms with Crippen molar-refractivity contribution in [2.45, 2.75) is 6.42 Å². The van der Waals surface area contributed by atoms with E-state index in [0.29, 0.717) is 0 Å². The van der Waals surface area contributed by atoms with Crippen LogP contribution in [-0.2, 0) is 0 Å². The molecule has 0 N–H and O–H groups in total. The second-order valence-electron chi connectivity index (χ2n) is 2.65. The summed E-state index contributed by atoms with van der Waals surface area (Å²) in [6.45, 7) is 0. The third-order valence-electron chi connectivity index (χ3n) is 1.71. The fraction of sp³-hybridized carbons (Fsp3) is 0.111. The molecule has 1 rings (SSSR count). The molecule has 0 aromatic heterocycles. The van der Waals surface area contributed by atoms with Crippen LogP contribution in [0.2, 0.25) is 5.02 Å². The van der Waals surface area contributed by atoms with Gasteiger partial charge >= 0.3 is 0 Å². The number of rotatable bonds is 3. The van der Waals surface area contributed by atoms with Crippen LogP contribution in [0.1, 0.15) is 16.8 Å². The lowest BCUT2D eigenvalue weighted by atomic mass is 10.1. The molecule has 0 saturated carbocycles. The second kappa shape index (κ2) is 4.53. The van der Waals surface area contributed by atoms with Gasteiger partial charge in [0.15, 0.2) is 5.78 Å². The number of halogens is 1. The number of Topliss-reactive ketones (excluding diaryl/α,β-unsaturated/α-hetero) is 1. The molecule has 15 heavy (non-hydrogen) atoms. The normalized spacial score (nSPS) is 9.33. The van der Waals surface area contributed by atoms with Crippen molar-refractivity contribution in [3.05, 3.63) is 38.9 Å². The van der Waals surface area contributed by atoms with Crippen molar-refractivity contribution in [3.63, 3.8) is 0 Å². The molecular weight excluding hydrogens is 220 g/mol. The van der Waals surface area contributed by atoms with E-state index in [2.05, 4.69) is 0 Å². The smallest absolute Gasteiger partial charge is 0.281 e. The molecule has 0 aliphatic heterocycles. The van der Waals surface area contributed by atoms with Gasteiger partial charge < -0.3 is 0 Å². The molecule has 5 nitrogen and oxygen atoms in total. The molecule has 0 heterocycles. The average Bonchev–Trinajstić information content (AvgIpc) is 2.17. The third kappa shape index (κ3) is 2.30. The zero-order valence-corrected chi connectivity index (χ0v) is 8.19. The molecule has 1 aromatic carbocycles. The number of nitro benzene ring substituents is 1. The summed E-state index contributed by atoms with van der Waals surface area (Å²) in [6.07, 6.45) is -0.426. The van der Waals surface area contributed by atoms with Gasteiger partial charge in [0.1, 0.15) is 5.56 Å². The Kier molecular flexibility index (Phi) is 3.37. The van der Waals surface area contributed by atoms with E-state index in [4.69, 9.17) is 16.9 Å². The number of carbonyl (C=O) groups is 1. The molecular formula is C9H5ClN2O3. The number of carbonyl (C=O) groups excluding carboxylic acids is 1. The van der Waals surface area contributed by atoms with Gasteiger partial charge in [-0.15, -0.1) is 0 Å². The van der Waals surface area contributed by atoms with Crippen LogP contribution in [0.3, 0.4) is 0 Å². The largest absolute Gasteiger partial charge is 0.293 e. The number of ketones is 1. The van der Waals surface area contributed by atoms with E-state index in [1.165, 1.54) is 18.2 Å². The first-order valence-electron chi connectivity index (χ1n) is 3.91. The standard InChI is InChI=1S/C9H5ClN2O3/c10-6-2-1-3-7(12(14)15)9(6)8(13)4-5-11/h1-3H,4H2. The minimum absolute atomic E-state index is 0.00977. The van der Waals surface area contributed by atoms with Crippen LogP contribution in [0.15, 0.2) is 18.2 Å². The van der Waals surface area contributed by atoms with Gasteiger partial charge in [0, 0.05) is 6.07 Å². The van der Waals surface area contributed by atoms with Crippen molar-refractivity contribution in [1.29, 1.82) is 5.26 Å². The molecule has 0 aliphatic rings. The zero-order valence-electron chi connectivity index (χ0n) is 7.44. The van der Waals surface area contributed by atoms with Gasteiger partial charge in [0.05, 0.1) is 22.4 Å². The lowest BCUT2D eigenvalue weighted by molar-refractivity contribution is -0.385. The van der Waals surface area contributed by atoms with Crippen LogP contribution in [0.4, 0.5) is 5.69 Å². The summed E-state index contributed by atoms with van der Waals surface area (Å²) in [6, 6.07) is 5.56. The molecule has 0 unspecified atom stereocenters. The summed E-state index contributed by atoms with van der Waals surface area (Å²) in [4.78, 5) is 21.3. The highest BCUT2D eigenvalue weighted by Crippen LogP contribution is 2.27. The van der Waals surface area contributed by atoms with Crippen LogP contribution < -0.4 is 0 Å². The number of nitro groups is 1. The van der Waals surface area contributed by atoms with E-state index in [1.54, 1.807) is 6.07 Å². The van der Waals surface area contributed by atoms with Crippen molar-refractivity contribution in [2.75, 3.05) is 0 Å². The highest BCUT2D eigenvalue weighted by atomic mass is 35.5. The van der Waals surface area contributed by atoms with Gasteiger partial charge in [-0.2, -0.15) is 5.26 Å². The third-order valence-corrected chi connectivity index (χ3v) is 2.02. The maximum absolute atomic E-state index is 11.4. The first-order valence-corrected chi connectivity index (χ1v) is 4.28. The molecule has 0 saturated heterocycles. The van der Waals surface area contributed by atoms with Gasteiger partial charge in [-0.25, -0.2) is 0 Å². The number of benzene rings is 1. The van der Waals surface area contributed by atoms with Gasteiger partial charge in [0.25, 0.3) is 5.69 Å². The van der Waals surface area contributed by atoms with Crippen LogP contribution in [-0.4, -0.2) is 10.7 Å². The lowest BCUT2D eigenvalue weighted by Gasteiger charge is -2.01. The maximum Gasteiger partial charge on any atom is 0.281 e. The predicted octanol–water partition coefficient (Wildman–Crippen LogP) is 2.34. The predicted molar refractivity (Wildman–Crippen MR) is 52.7 cm³/mol. The number of nitrogens with zero attached hydrogens (tertiary/aromatic N) is 2. The minimum Gasteiger partial charge on any atom is -0.293 e. The van der Waals surface area contributed by atoms with Crippen molar-refractivity contribution in [2.24, 2.45) is 0 Å². The summed E-state index contributed by atoms with van der Waals surface area (Å²) in [5, 5.41) is 18.9. The Morgan fingerprint density at radius 2 is 2.27 bits per heavy atom. The Morgan fingerprint density at radius 3 is 2.80 bits per heavy atom. The van der Waals surface area contributed by atoms with E-state index >= 15 is 0 Å². The Hall–Kier alpha value is -1.93. The van der Waals surface area contributed by atoms with Gasteiger partial charge in [0.2, 0.25) is 0 Å². The summed E-state index contributed by atoms with van der Waals surface area (Å²) in [7, 11) is 0. The van der Waals surface area contributed by atoms with E-state index in [9.17, 15) is 14.9 Å². The Morgan fingerprint density at radius 1 is 1.60 bits per heavy atom. The molecule has 0 aliphatic carbocycles. The number of hydrogen-bond acceptors (Lipinski definition) is 4. The van der Waals surface area contributed by atoms with E-state index < -0.39 is 17.1 Å². The zero-order chi connectivity index (χ0) is 11.4. The highest BCUT2D eigenvalue weighted by Gasteiger charge is 2.22. The molecule has 0 radical (unpaired) electrons. The molecule has 1 aromatic rings. The first-order chi connectivity index (χ1) is 7.07. The maximum atomic E-state index is 11.4. The summed E-state index contributed by atoms with van der Waals surface area (Å²) in [5.74, 6) is -0.644. The number of nitriles is 1. The molecule has 0 amide bonds. The average molecular weight is 225 g/mol. The van der Waals surface area contributed by atoms with Gasteiger partial charge in [-0.3, -0.25) is 14.9 Å². The van der Waals surface area contributed by atoms with E-state index in [0.717, 1.165) is 0 Å². The van der Waals surface area contributed by atoms with Crippen molar-refractivity contribution in [1.82, 2.24) is 0 Å². The Bertz CT molecular complexity index is 465. The van der Waals surface area contributed by atoms with Crippen molar-refractivity contribution in [3.8, 4) is 6.07 Å². The monoisotopic (exact) mass is 224 g/mol. The summed E-state index contributed by atoms with van der Waals surface area (Å²) in [5.41, 5.74) is -0.575. The fourth-order valence-corrected chi connectivity index (χ4v) is 1.38.